The Morgan fingerprint density at radius 2 is 2.00 bits per heavy atom. The molecule has 1 aromatic carbocycles. The van der Waals surface area contributed by atoms with Crippen molar-refractivity contribution in [2.75, 3.05) is 0 Å². The Kier molecular flexibility index (Phi) is 4.39. The second-order valence-electron chi connectivity index (χ2n) is 4.36. The summed E-state index contributed by atoms with van der Waals surface area (Å²) in [5.41, 5.74) is 0.582. The fraction of sp³-hybridized carbons (Fsp3) is 0.214. The number of aromatic nitrogens is 1. The first-order valence-electron chi connectivity index (χ1n) is 5.92. The van der Waals surface area contributed by atoms with Gasteiger partial charge in [-0.05, 0) is 36.2 Å². The van der Waals surface area contributed by atoms with Gasteiger partial charge in [0.25, 0.3) is 0 Å². The Morgan fingerprint density at radius 3 is 2.52 bits per heavy atom. The number of aryl methyl sites for hydroxylation is 1. The lowest BCUT2D eigenvalue weighted by atomic mass is 10.1. The van der Waals surface area contributed by atoms with Crippen LogP contribution in [0.3, 0.4) is 0 Å². The smallest absolute Gasteiger partial charge is 0.417 e. The fourth-order valence-corrected chi connectivity index (χ4v) is 1.88. The highest BCUT2D eigenvalue weighted by atomic mass is 35.5. The van der Waals surface area contributed by atoms with Crippen molar-refractivity contribution in [2.45, 2.75) is 19.7 Å². The molecule has 0 unspecified atom stereocenters. The Labute approximate surface area is 124 Å². The second kappa shape index (κ2) is 5.91. The van der Waals surface area contributed by atoms with Gasteiger partial charge in [-0.25, -0.2) is 4.98 Å². The van der Waals surface area contributed by atoms with E-state index in [4.69, 9.17) is 21.4 Å². The van der Waals surface area contributed by atoms with Gasteiger partial charge in [-0.2, -0.15) is 13.2 Å². The summed E-state index contributed by atoms with van der Waals surface area (Å²) in [5.74, 6) is 0.264. The van der Waals surface area contributed by atoms with Crippen LogP contribution in [0.4, 0.5) is 13.2 Å². The van der Waals surface area contributed by atoms with E-state index in [1.54, 1.807) is 25.1 Å². The van der Waals surface area contributed by atoms with Crippen molar-refractivity contribution in [3.8, 4) is 11.6 Å². The molecule has 0 amide bonds. The number of nitrogens with zero attached hydrogens (tertiary/aromatic N) is 1. The van der Waals surface area contributed by atoms with Crippen LogP contribution >= 0.6 is 11.6 Å². The highest BCUT2D eigenvalue weighted by Gasteiger charge is 2.31. The molecule has 0 saturated carbocycles. The third-order valence-corrected chi connectivity index (χ3v) is 3.10. The van der Waals surface area contributed by atoms with Gasteiger partial charge in [0, 0.05) is 6.20 Å². The van der Waals surface area contributed by atoms with Crippen molar-refractivity contribution in [2.24, 2.45) is 0 Å². The largest absolute Gasteiger partial charge is 0.438 e. The van der Waals surface area contributed by atoms with E-state index in [0.29, 0.717) is 11.9 Å². The van der Waals surface area contributed by atoms with Gasteiger partial charge in [-0.15, -0.1) is 0 Å². The molecule has 0 fully saturated rings. The van der Waals surface area contributed by atoms with E-state index in [0.717, 1.165) is 17.2 Å². The first kappa shape index (κ1) is 15.6. The first-order chi connectivity index (χ1) is 9.81. The zero-order valence-electron chi connectivity index (χ0n) is 10.9. The van der Waals surface area contributed by atoms with E-state index >= 15 is 0 Å². The monoisotopic (exact) mass is 317 g/mol. The third kappa shape index (κ3) is 3.65. The maximum atomic E-state index is 12.5. The molecule has 112 valence electrons. The van der Waals surface area contributed by atoms with Crippen molar-refractivity contribution >= 4 is 11.6 Å². The van der Waals surface area contributed by atoms with E-state index in [1.807, 2.05) is 0 Å². The number of hydrogen-bond donors (Lipinski definition) is 1. The summed E-state index contributed by atoms with van der Waals surface area (Å²) < 4.78 is 42.9. The molecule has 1 N–H and O–H groups in total. The molecule has 0 bridgehead atoms. The number of alkyl halides is 3. The van der Waals surface area contributed by atoms with Crippen LogP contribution < -0.4 is 4.74 Å². The van der Waals surface area contributed by atoms with Crippen LogP contribution in [0.2, 0.25) is 5.02 Å². The van der Waals surface area contributed by atoms with Crippen LogP contribution in [0.1, 0.15) is 16.7 Å². The van der Waals surface area contributed by atoms with Gasteiger partial charge in [0.15, 0.2) is 0 Å². The summed E-state index contributed by atoms with van der Waals surface area (Å²) in [4.78, 5) is 3.59. The molecule has 0 aliphatic rings. The van der Waals surface area contributed by atoms with Crippen molar-refractivity contribution in [1.82, 2.24) is 4.98 Å². The van der Waals surface area contributed by atoms with Gasteiger partial charge in [0.1, 0.15) is 10.8 Å². The van der Waals surface area contributed by atoms with Crippen LogP contribution in [-0.4, -0.2) is 10.1 Å². The molecule has 21 heavy (non-hydrogen) atoms. The topological polar surface area (TPSA) is 42.4 Å². The number of hydrogen-bond acceptors (Lipinski definition) is 3. The molecule has 0 radical (unpaired) electrons. The van der Waals surface area contributed by atoms with E-state index in [9.17, 15) is 13.2 Å². The Balaban J connectivity index is 2.26. The molecule has 0 atom stereocenters. The average molecular weight is 318 g/mol. The average Bonchev–Trinajstić information content (AvgIpc) is 2.40. The molecule has 0 spiro atoms. The molecule has 1 heterocycles. The van der Waals surface area contributed by atoms with Crippen molar-refractivity contribution in [3.05, 3.63) is 52.2 Å². The SMILES string of the molecule is Cc1cc(Oc2ncc(C(F)(F)F)cc2Cl)ccc1CO. The van der Waals surface area contributed by atoms with E-state index in [1.165, 1.54) is 0 Å². The molecule has 3 nitrogen and oxygen atoms in total. The predicted molar refractivity (Wildman–Crippen MR) is 71.4 cm³/mol. The summed E-state index contributed by atoms with van der Waals surface area (Å²) in [7, 11) is 0. The molecular weight excluding hydrogens is 307 g/mol. The molecule has 7 heteroatoms. The van der Waals surface area contributed by atoms with Gasteiger partial charge < -0.3 is 9.84 Å². The highest BCUT2D eigenvalue weighted by Crippen LogP contribution is 2.34. The van der Waals surface area contributed by atoms with Gasteiger partial charge in [-0.1, -0.05) is 17.7 Å². The lowest BCUT2D eigenvalue weighted by Crippen LogP contribution is -2.05. The highest BCUT2D eigenvalue weighted by molar-refractivity contribution is 6.31. The summed E-state index contributed by atoms with van der Waals surface area (Å²) in [6, 6.07) is 5.64. The minimum Gasteiger partial charge on any atom is -0.438 e. The number of halogens is 4. The quantitative estimate of drug-likeness (QED) is 0.915. The predicted octanol–water partition coefficient (Wildman–Crippen LogP) is 4.35. The zero-order valence-corrected chi connectivity index (χ0v) is 11.7. The summed E-state index contributed by atoms with van der Waals surface area (Å²) >= 11 is 5.76. The fourth-order valence-electron chi connectivity index (χ4n) is 1.68. The van der Waals surface area contributed by atoms with E-state index in [2.05, 4.69) is 4.98 Å². The van der Waals surface area contributed by atoms with Crippen molar-refractivity contribution in [1.29, 1.82) is 0 Å². The maximum Gasteiger partial charge on any atom is 0.417 e. The molecule has 0 saturated heterocycles. The van der Waals surface area contributed by atoms with Gasteiger partial charge >= 0.3 is 6.18 Å². The number of rotatable bonds is 3. The van der Waals surface area contributed by atoms with Crippen LogP contribution in [0.25, 0.3) is 0 Å². The van der Waals surface area contributed by atoms with Gasteiger partial charge in [0.2, 0.25) is 5.88 Å². The number of aliphatic hydroxyl groups excluding tert-OH is 1. The standard InChI is InChI=1S/C14H11ClF3NO2/c1-8-4-11(3-2-9(8)7-20)21-13-12(15)5-10(6-19-13)14(16,17)18/h2-6,20H,7H2,1H3. The Hall–Kier alpha value is -1.79. The van der Waals surface area contributed by atoms with Gasteiger partial charge in [0.05, 0.1) is 12.2 Å². The van der Waals surface area contributed by atoms with Crippen LogP contribution in [0, 0.1) is 6.92 Å². The lowest BCUT2D eigenvalue weighted by Gasteiger charge is -2.11. The number of ether oxygens (including phenoxy) is 1. The first-order valence-corrected chi connectivity index (χ1v) is 6.30. The minimum atomic E-state index is -4.51. The van der Waals surface area contributed by atoms with Crippen LogP contribution in [0.15, 0.2) is 30.5 Å². The number of benzene rings is 1. The van der Waals surface area contributed by atoms with Crippen molar-refractivity contribution < 1.29 is 23.0 Å². The molecular formula is C14H11ClF3NO2. The summed E-state index contributed by atoms with van der Waals surface area (Å²) in [6.45, 7) is 1.67. The zero-order chi connectivity index (χ0) is 15.6. The second-order valence-corrected chi connectivity index (χ2v) is 4.76. The molecule has 0 aliphatic carbocycles. The molecule has 1 aromatic heterocycles. The number of pyridine rings is 1. The normalized spacial score (nSPS) is 11.5. The molecule has 2 rings (SSSR count). The third-order valence-electron chi connectivity index (χ3n) is 2.83. The van der Waals surface area contributed by atoms with Crippen LogP contribution in [-0.2, 0) is 12.8 Å². The van der Waals surface area contributed by atoms with Crippen LogP contribution in [0.5, 0.6) is 11.6 Å². The van der Waals surface area contributed by atoms with E-state index < -0.39 is 11.7 Å². The minimum absolute atomic E-state index is 0.106. The maximum absolute atomic E-state index is 12.5. The summed E-state index contributed by atoms with van der Waals surface area (Å²) in [5, 5.41) is 8.84. The van der Waals surface area contributed by atoms with Gasteiger partial charge in [-0.3, -0.25) is 0 Å². The molecule has 0 aliphatic heterocycles. The van der Waals surface area contributed by atoms with E-state index in [-0.39, 0.29) is 17.5 Å². The molecule has 2 aromatic rings. The Morgan fingerprint density at radius 1 is 1.29 bits per heavy atom. The number of aliphatic hydroxyl groups is 1. The summed E-state index contributed by atoms with van der Waals surface area (Å²) in [6.07, 6.45) is -3.84. The van der Waals surface area contributed by atoms with Crippen molar-refractivity contribution in [3.63, 3.8) is 0 Å². The lowest BCUT2D eigenvalue weighted by molar-refractivity contribution is -0.137. The Bertz CT molecular complexity index is 659.